The van der Waals surface area contributed by atoms with Gasteiger partial charge in [-0.3, -0.25) is 4.79 Å². The maximum Gasteiger partial charge on any atom is 0.222 e. The smallest absolute Gasteiger partial charge is 0.222 e. The quantitative estimate of drug-likeness (QED) is 0.698. The average Bonchev–Trinajstić information content (AvgIpc) is 2.74. The molecule has 0 aromatic heterocycles. The van der Waals surface area contributed by atoms with Gasteiger partial charge in [0, 0.05) is 19.5 Å². The molecule has 2 rings (SSSR count). The molecule has 1 amide bonds. The van der Waals surface area contributed by atoms with Gasteiger partial charge in [0.05, 0.1) is 5.38 Å². The Morgan fingerprint density at radius 2 is 1.94 bits per heavy atom. The molecule has 92 valence electrons. The average molecular weight is 244 g/mol. The SMILES string of the molecule is O=C(CCC1CCCCC1)N1CCC(Cl)C1. The first-order valence-corrected chi connectivity index (χ1v) is 7.11. The van der Waals surface area contributed by atoms with Crippen molar-refractivity contribution in [1.29, 1.82) is 0 Å². The molecule has 1 aliphatic heterocycles. The van der Waals surface area contributed by atoms with Gasteiger partial charge in [-0.2, -0.15) is 0 Å². The first-order chi connectivity index (χ1) is 7.75. The van der Waals surface area contributed by atoms with Crippen molar-refractivity contribution in [2.24, 2.45) is 5.92 Å². The first kappa shape index (κ1) is 12.2. The van der Waals surface area contributed by atoms with Gasteiger partial charge in [-0.05, 0) is 18.8 Å². The Labute approximate surface area is 103 Å². The van der Waals surface area contributed by atoms with E-state index in [9.17, 15) is 4.79 Å². The van der Waals surface area contributed by atoms with Crippen molar-refractivity contribution in [2.75, 3.05) is 13.1 Å². The summed E-state index contributed by atoms with van der Waals surface area (Å²) in [6, 6.07) is 0. The number of rotatable bonds is 3. The van der Waals surface area contributed by atoms with Crippen LogP contribution in [-0.2, 0) is 4.79 Å². The van der Waals surface area contributed by atoms with Gasteiger partial charge in [-0.1, -0.05) is 32.1 Å². The summed E-state index contributed by atoms with van der Waals surface area (Å²) in [4.78, 5) is 13.8. The summed E-state index contributed by atoms with van der Waals surface area (Å²) in [7, 11) is 0. The van der Waals surface area contributed by atoms with Gasteiger partial charge in [0.15, 0.2) is 0 Å². The Morgan fingerprint density at radius 3 is 2.56 bits per heavy atom. The van der Waals surface area contributed by atoms with Crippen LogP contribution in [0.3, 0.4) is 0 Å². The third-order valence-electron chi connectivity index (χ3n) is 3.97. The van der Waals surface area contributed by atoms with Crippen LogP contribution >= 0.6 is 11.6 Å². The van der Waals surface area contributed by atoms with E-state index in [2.05, 4.69) is 0 Å². The minimum absolute atomic E-state index is 0.193. The van der Waals surface area contributed by atoms with Gasteiger partial charge in [0.1, 0.15) is 0 Å². The molecule has 3 heteroatoms. The van der Waals surface area contributed by atoms with E-state index in [1.807, 2.05) is 4.90 Å². The number of amides is 1. The van der Waals surface area contributed by atoms with Gasteiger partial charge in [-0.25, -0.2) is 0 Å². The number of carbonyl (C=O) groups is 1. The van der Waals surface area contributed by atoms with Crippen LogP contribution < -0.4 is 0 Å². The van der Waals surface area contributed by atoms with Crippen LogP contribution in [0.4, 0.5) is 0 Å². The summed E-state index contributed by atoms with van der Waals surface area (Å²) >= 11 is 6.01. The Balaban J connectivity index is 1.67. The maximum atomic E-state index is 11.9. The molecule has 1 saturated heterocycles. The zero-order valence-corrected chi connectivity index (χ0v) is 10.7. The topological polar surface area (TPSA) is 20.3 Å². The second kappa shape index (κ2) is 5.90. The summed E-state index contributed by atoms with van der Waals surface area (Å²) < 4.78 is 0. The van der Waals surface area contributed by atoms with Crippen molar-refractivity contribution in [3.63, 3.8) is 0 Å². The van der Waals surface area contributed by atoms with Crippen LogP contribution in [0.25, 0.3) is 0 Å². The van der Waals surface area contributed by atoms with Crippen LogP contribution in [0, 0.1) is 5.92 Å². The lowest BCUT2D eigenvalue weighted by Crippen LogP contribution is -2.29. The van der Waals surface area contributed by atoms with E-state index >= 15 is 0 Å². The molecular formula is C13H22ClNO. The summed E-state index contributed by atoms with van der Waals surface area (Å²) in [5, 5.41) is 0.193. The third kappa shape index (κ3) is 3.38. The Bertz CT molecular complexity index is 238. The molecule has 2 aliphatic rings. The molecule has 0 radical (unpaired) electrons. The maximum absolute atomic E-state index is 11.9. The lowest BCUT2D eigenvalue weighted by molar-refractivity contribution is -0.130. The molecule has 0 aromatic rings. The third-order valence-corrected chi connectivity index (χ3v) is 4.33. The Kier molecular flexibility index (Phi) is 4.51. The lowest BCUT2D eigenvalue weighted by Gasteiger charge is -2.22. The molecule has 0 N–H and O–H groups in total. The van der Waals surface area contributed by atoms with Crippen molar-refractivity contribution in [1.82, 2.24) is 4.90 Å². The van der Waals surface area contributed by atoms with Crippen LogP contribution in [0.2, 0.25) is 0 Å². The van der Waals surface area contributed by atoms with E-state index in [1.165, 1.54) is 32.1 Å². The number of nitrogens with zero attached hydrogens (tertiary/aromatic N) is 1. The van der Waals surface area contributed by atoms with Crippen molar-refractivity contribution in [2.45, 2.75) is 56.7 Å². The number of carbonyl (C=O) groups excluding carboxylic acids is 1. The van der Waals surface area contributed by atoms with E-state index in [0.29, 0.717) is 5.91 Å². The zero-order chi connectivity index (χ0) is 11.4. The second-order valence-corrected chi connectivity index (χ2v) is 5.89. The van der Waals surface area contributed by atoms with E-state index in [4.69, 9.17) is 11.6 Å². The molecule has 1 heterocycles. The van der Waals surface area contributed by atoms with E-state index in [1.54, 1.807) is 0 Å². The normalized spacial score (nSPS) is 27.3. The largest absolute Gasteiger partial charge is 0.341 e. The molecule has 1 aliphatic carbocycles. The van der Waals surface area contributed by atoms with E-state index < -0.39 is 0 Å². The molecule has 0 aromatic carbocycles. The second-order valence-electron chi connectivity index (χ2n) is 5.27. The van der Waals surface area contributed by atoms with Crippen LogP contribution in [0.5, 0.6) is 0 Å². The van der Waals surface area contributed by atoms with Crippen molar-refractivity contribution < 1.29 is 4.79 Å². The zero-order valence-electron chi connectivity index (χ0n) is 9.96. The molecule has 0 bridgehead atoms. The highest BCUT2D eigenvalue weighted by Gasteiger charge is 2.25. The standard InChI is InChI=1S/C13H22ClNO/c14-12-8-9-15(10-12)13(16)7-6-11-4-2-1-3-5-11/h11-12H,1-10H2. The van der Waals surface area contributed by atoms with Gasteiger partial charge in [0.25, 0.3) is 0 Å². The predicted molar refractivity (Wildman–Crippen MR) is 66.6 cm³/mol. The summed E-state index contributed by atoms with van der Waals surface area (Å²) in [5.74, 6) is 1.14. The molecule has 2 nitrogen and oxygen atoms in total. The fraction of sp³-hybridized carbons (Fsp3) is 0.923. The molecular weight excluding hydrogens is 222 g/mol. The van der Waals surface area contributed by atoms with Crippen LogP contribution in [0.1, 0.15) is 51.4 Å². The highest BCUT2D eigenvalue weighted by Crippen LogP contribution is 2.27. The Hall–Kier alpha value is -0.240. The first-order valence-electron chi connectivity index (χ1n) is 6.67. The van der Waals surface area contributed by atoms with Gasteiger partial charge in [-0.15, -0.1) is 11.6 Å². The van der Waals surface area contributed by atoms with Gasteiger partial charge >= 0.3 is 0 Å². The van der Waals surface area contributed by atoms with Gasteiger partial charge < -0.3 is 4.90 Å². The minimum atomic E-state index is 0.193. The lowest BCUT2D eigenvalue weighted by atomic mass is 9.86. The molecule has 1 unspecified atom stereocenters. The van der Waals surface area contributed by atoms with Crippen LogP contribution in [0.15, 0.2) is 0 Å². The van der Waals surface area contributed by atoms with Crippen molar-refractivity contribution in [3.8, 4) is 0 Å². The number of halogens is 1. The van der Waals surface area contributed by atoms with Crippen molar-refractivity contribution in [3.05, 3.63) is 0 Å². The number of alkyl halides is 1. The van der Waals surface area contributed by atoms with Crippen LogP contribution in [-0.4, -0.2) is 29.3 Å². The number of hydrogen-bond acceptors (Lipinski definition) is 1. The summed E-state index contributed by atoms with van der Waals surface area (Å²) in [6.07, 6.45) is 9.62. The fourth-order valence-corrected chi connectivity index (χ4v) is 3.17. The molecule has 2 fully saturated rings. The van der Waals surface area contributed by atoms with E-state index in [-0.39, 0.29) is 5.38 Å². The van der Waals surface area contributed by atoms with Gasteiger partial charge in [0.2, 0.25) is 5.91 Å². The number of hydrogen-bond donors (Lipinski definition) is 0. The summed E-state index contributed by atoms with van der Waals surface area (Å²) in [5.41, 5.74) is 0. The highest BCUT2D eigenvalue weighted by molar-refractivity contribution is 6.21. The summed E-state index contributed by atoms with van der Waals surface area (Å²) in [6.45, 7) is 1.64. The molecule has 1 saturated carbocycles. The number of likely N-dealkylation sites (tertiary alicyclic amines) is 1. The monoisotopic (exact) mass is 243 g/mol. The predicted octanol–water partition coefficient (Wildman–Crippen LogP) is 3.19. The molecule has 1 atom stereocenters. The highest BCUT2D eigenvalue weighted by atomic mass is 35.5. The molecule has 0 spiro atoms. The minimum Gasteiger partial charge on any atom is -0.341 e. The van der Waals surface area contributed by atoms with E-state index in [0.717, 1.165) is 38.3 Å². The molecule has 16 heavy (non-hydrogen) atoms. The van der Waals surface area contributed by atoms with Crippen molar-refractivity contribution >= 4 is 17.5 Å². The Morgan fingerprint density at radius 1 is 1.19 bits per heavy atom. The fourth-order valence-electron chi connectivity index (χ4n) is 2.91.